The van der Waals surface area contributed by atoms with Crippen LogP contribution >= 0.6 is 23.1 Å². The maximum atomic E-state index is 13.6. The molecule has 2 aromatic carbocycles. The molecule has 3 aromatic rings. The third-order valence-electron chi connectivity index (χ3n) is 2.99. The Morgan fingerprint density at radius 1 is 1.13 bits per heavy atom. The molecule has 0 unspecified atom stereocenters. The molecule has 0 atom stereocenters. The van der Waals surface area contributed by atoms with E-state index in [1.54, 1.807) is 24.3 Å². The second kappa shape index (κ2) is 6.39. The molecule has 116 valence electrons. The summed E-state index contributed by atoms with van der Waals surface area (Å²) in [4.78, 5) is 12.5. The third kappa shape index (κ3) is 3.35. The number of hydrogen-bond acceptors (Lipinski definition) is 4. The Bertz CT molecular complexity index is 867. The number of rotatable bonds is 3. The van der Waals surface area contributed by atoms with E-state index >= 15 is 0 Å². The Balaban J connectivity index is 1.89. The zero-order valence-electron chi connectivity index (χ0n) is 11.4. The molecule has 8 heteroatoms. The summed E-state index contributed by atoms with van der Waals surface area (Å²) >= 11 is 6.71. The van der Waals surface area contributed by atoms with Gasteiger partial charge in [0.15, 0.2) is 0 Å². The van der Waals surface area contributed by atoms with E-state index < -0.39 is 17.5 Å². The molecule has 0 bridgehead atoms. The van der Waals surface area contributed by atoms with Gasteiger partial charge < -0.3 is 5.32 Å². The molecule has 0 saturated carbocycles. The lowest BCUT2D eigenvalue weighted by atomic mass is 10.1. The molecule has 0 radical (unpaired) electrons. The van der Waals surface area contributed by atoms with Crippen LogP contribution in [0.3, 0.4) is 0 Å². The van der Waals surface area contributed by atoms with Crippen LogP contribution in [0, 0.1) is 11.6 Å². The summed E-state index contributed by atoms with van der Waals surface area (Å²) < 4.78 is 30.3. The van der Waals surface area contributed by atoms with Crippen LogP contribution < -0.4 is 5.32 Å². The van der Waals surface area contributed by atoms with Gasteiger partial charge in [0.2, 0.25) is 0 Å². The minimum atomic E-state index is -0.858. The van der Waals surface area contributed by atoms with E-state index in [2.05, 4.69) is 14.9 Å². The average molecular weight is 352 g/mol. The Labute approximate surface area is 138 Å². The fourth-order valence-electron chi connectivity index (χ4n) is 1.91. The first-order valence-corrected chi connectivity index (χ1v) is 7.54. The quantitative estimate of drug-likeness (QED) is 0.761. The molecule has 0 saturated heterocycles. The fraction of sp³-hybridized carbons (Fsp3) is 0. The minimum Gasteiger partial charge on any atom is -0.319 e. The molecule has 0 fully saturated rings. The van der Waals surface area contributed by atoms with Crippen LogP contribution in [0.4, 0.5) is 14.5 Å². The van der Waals surface area contributed by atoms with Crippen molar-refractivity contribution < 1.29 is 13.6 Å². The normalized spacial score (nSPS) is 10.6. The van der Waals surface area contributed by atoms with Gasteiger partial charge in [0.05, 0.1) is 5.69 Å². The van der Waals surface area contributed by atoms with Crippen LogP contribution in [-0.4, -0.2) is 15.5 Å². The van der Waals surface area contributed by atoms with Crippen molar-refractivity contribution in [2.75, 3.05) is 5.32 Å². The standard InChI is InChI=1S/C15H8ClF2N3OS/c16-9-3-1-8(2-4-9)13-14(23-21-20-13)15(22)19-12-6-5-10(17)7-11(12)18/h1-7H,(H,19,22). The van der Waals surface area contributed by atoms with Crippen molar-refractivity contribution in [2.24, 2.45) is 0 Å². The highest BCUT2D eigenvalue weighted by atomic mass is 35.5. The highest BCUT2D eigenvalue weighted by molar-refractivity contribution is 7.08. The zero-order chi connectivity index (χ0) is 16.4. The first kappa shape index (κ1) is 15.5. The first-order chi connectivity index (χ1) is 11.0. The molecule has 0 aliphatic carbocycles. The lowest BCUT2D eigenvalue weighted by molar-refractivity contribution is 0.103. The van der Waals surface area contributed by atoms with Gasteiger partial charge in [-0.2, -0.15) is 0 Å². The van der Waals surface area contributed by atoms with Crippen LogP contribution in [0.15, 0.2) is 42.5 Å². The number of hydrogen-bond donors (Lipinski definition) is 1. The van der Waals surface area contributed by atoms with Crippen LogP contribution in [-0.2, 0) is 0 Å². The number of nitrogens with zero attached hydrogens (tertiary/aromatic N) is 2. The topological polar surface area (TPSA) is 54.9 Å². The van der Waals surface area contributed by atoms with E-state index in [0.717, 1.165) is 23.7 Å². The number of carbonyl (C=O) groups is 1. The van der Waals surface area contributed by atoms with Crippen LogP contribution in [0.25, 0.3) is 11.3 Å². The number of anilines is 1. The number of nitrogens with one attached hydrogen (secondary N) is 1. The van der Waals surface area contributed by atoms with Gasteiger partial charge in [0.1, 0.15) is 22.2 Å². The summed E-state index contributed by atoms with van der Waals surface area (Å²) in [5.41, 5.74) is 0.909. The highest BCUT2D eigenvalue weighted by Gasteiger charge is 2.19. The van der Waals surface area contributed by atoms with Crippen LogP contribution in [0.1, 0.15) is 9.67 Å². The molecule has 3 rings (SSSR count). The Kier molecular flexibility index (Phi) is 4.31. The summed E-state index contributed by atoms with van der Waals surface area (Å²) in [6, 6.07) is 9.64. The summed E-state index contributed by atoms with van der Waals surface area (Å²) in [5, 5.41) is 6.86. The maximum Gasteiger partial charge on any atom is 0.269 e. The molecule has 0 aliphatic heterocycles. The number of carbonyl (C=O) groups excluding carboxylic acids is 1. The molecule has 1 N–H and O–H groups in total. The lowest BCUT2D eigenvalue weighted by Gasteiger charge is -2.06. The van der Waals surface area contributed by atoms with Crippen molar-refractivity contribution in [2.45, 2.75) is 0 Å². The van der Waals surface area contributed by atoms with Crippen molar-refractivity contribution in [3.63, 3.8) is 0 Å². The number of benzene rings is 2. The Morgan fingerprint density at radius 2 is 1.87 bits per heavy atom. The number of amides is 1. The monoisotopic (exact) mass is 351 g/mol. The van der Waals surface area contributed by atoms with E-state index in [1.807, 2.05) is 0 Å². The smallest absolute Gasteiger partial charge is 0.269 e. The summed E-state index contributed by atoms with van der Waals surface area (Å²) in [5.74, 6) is -2.15. The van der Waals surface area contributed by atoms with Gasteiger partial charge in [0.25, 0.3) is 5.91 Å². The predicted molar refractivity (Wildman–Crippen MR) is 84.7 cm³/mol. The fourth-order valence-corrected chi connectivity index (χ4v) is 2.62. The van der Waals surface area contributed by atoms with E-state index in [9.17, 15) is 13.6 Å². The van der Waals surface area contributed by atoms with Crippen molar-refractivity contribution in [1.29, 1.82) is 0 Å². The predicted octanol–water partition coefficient (Wildman–Crippen LogP) is 4.39. The van der Waals surface area contributed by atoms with Crippen LogP contribution in [0.2, 0.25) is 5.02 Å². The molecule has 1 aromatic heterocycles. The highest BCUT2D eigenvalue weighted by Crippen LogP contribution is 2.26. The largest absolute Gasteiger partial charge is 0.319 e. The Hall–Kier alpha value is -2.38. The lowest BCUT2D eigenvalue weighted by Crippen LogP contribution is -2.12. The molecule has 0 aliphatic rings. The van der Waals surface area contributed by atoms with Gasteiger partial charge in [-0.05, 0) is 35.8 Å². The van der Waals surface area contributed by atoms with Gasteiger partial charge in [-0.1, -0.05) is 28.2 Å². The van der Waals surface area contributed by atoms with Gasteiger partial charge in [0, 0.05) is 16.7 Å². The summed E-state index contributed by atoms with van der Waals surface area (Å²) in [7, 11) is 0. The van der Waals surface area contributed by atoms with Gasteiger partial charge in [-0.3, -0.25) is 4.79 Å². The first-order valence-electron chi connectivity index (χ1n) is 6.39. The van der Waals surface area contributed by atoms with Crippen molar-refractivity contribution in [1.82, 2.24) is 9.59 Å². The Morgan fingerprint density at radius 3 is 2.57 bits per heavy atom. The van der Waals surface area contributed by atoms with Gasteiger partial charge in [-0.25, -0.2) is 8.78 Å². The number of halogens is 3. The maximum absolute atomic E-state index is 13.6. The van der Waals surface area contributed by atoms with Gasteiger partial charge in [-0.15, -0.1) is 5.10 Å². The summed E-state index contributed by atoms with van der Waals surface area (Å²) in [6.07, 6.45) is 0. The van der Waals surface area contributed by atoms with Crippen molar-refractivity contribution >= 4 is 34.7 Å². The molecule has 1 amide bonds. The van der Waals surface area contributed by atoms with E-state index in [4.69, 9.17) is 11.6 Å². The SMILES string of the molecule is O=C(Nc1ccc(F)cc1F)c1snnc1-c1ccc(Cl)cc1. The van der Waals surface area contributed by atoms with E-state index in [0.29, 0.717) is 22.3 Å². The number of aromatic nitrogens is 2. The van der Waals surface area contributed by atoms with E-state index in [1.165, 1.54) is 0 Å². The van der Waals surface area contributed by atoms with E-state index in [-0.39, 0.29) is 10.6 Å². The third-order valence-corrected chi connectivity index (χ3v) is 3.97. The van der Waals surface area contributed by atoms with Crippen molar-refractivity contribution in [3.05, 3.63) is 64.0 Å². The molecule has 1 heterocycles. The molecule has 0 spiro atoms. The molecule has 23 heavy (non-hydrogen) atoms. The second-order valence-corrected chi connectivity index (χ2v) is 5.73. The minimum absolute atomic E-state index is 0.119. The van der Waals surface area contributed by atoms with Crippen molar-refractivity contribution in [3.8, 4) is 11.3 Å². The molecule has 4 nitrogen and oxygen atoms in total. The zero-order valence-corrected chi connectivity index (χ0v) is 13.0. The molecular formula is C15H8ClF2N3OS. The van der Waals surface area contributed by atoms with Gasteiger partial charge >= 0.3 is 0 Å². The summed E-state index contributed by atoms with van der Waals surface area (Å²) in [6.45, 7) is 0. The molecular weight excluding hydrogens is 344 g/mol. The van der Waals surface area contributed by atoms with Crippen LogP contribution in [0.5, 0.6) is 0 Å². The average Bonchev–Trinajstić information content (AvgIpc) is 3.00. The second-order valence-electron chi connectivity index (χ2n) is 4.54.